The Morgan fingerprint density at radius 2 is 0.656 bits per heavy atom. The summed E-state index contributed by atoms with van der Waals surface area (Å²) in [6.07, 6.45) is 67.3. The van der Waals surface area contributed by atoms with Crippen molar-refractivity contribution in [1.82, 2.24) is 0 Å². The molecule has 0 amide bonds. The molecular weight excluding hydrogens is 793 g/mol. The summed E-state index contributed by atoms with van der Waals surface area (Å²) in [5.41, 5.74) is 0. The highest BCUT2D eigenvalue weighted by Crippen LogP contribution is 2.14. The number of carbonyl (C=O) groups is 3. The van der Waals surface area contributed by atoms with E-state index in [1.165, 1.54) is 122 Å². The van der Waals surface area contributed by atoms with Crippen LogP contribution in [0.2, 0.25) is 0 Å². The monoisotopic (exact) mass is 891 g/mol. The summed E-state index contributed by atoms with van der Waals surface area (Å²) in [5, 5.41) is 0. The van der Waals surface area contributed by atoms with Crippen LogP contribution in [0.1, 0.15) is 245 Å². The summed E-state index contributed by atoms with van der Waals surface area (Å²) < 4.78 is 16.7. The fraction of sp³-hybridized carbons (Fsp3) is 0.707. The SMILES string of the molecule is CC/C=C\C/C=C\C/C=C\C/C=C\C/C=C\CC(=O)OC(COC(=O)CCCCCCCCC/C=C\C/C=C\CCCCCC)COC(=O)CCCCCCCCCCCCCCC. The van der Waals surface area contributed by atoms with Gasteiger partial charge in [-0.25, -0.2) is 0 Å². The first-order valence-corrected chi connectivity index (χ1v) is 26.6. The van der Waals surface area contributed by atoms with Crippen molar-refractivity contribution in [3.05, 3.63) is 85.1 Å². The Balaban J connectivity index is 4.49. The summed E-state index contributed by atoms with van der Waals surface area (Å²) in [6, 6.07) is 0. The molecule has 0 spiro atoms. The van der Waals surface area contributed by atoms with Crippen LogP contribution in [0.5, 0.6) is 0 Å². The maximum atomic E-state index is 12.7. The van der Waals surface area contributed by atoms with Crippen molar-refractivity contribution < 1.29 is 28.6 Å². The largest absolute Gasteiger partial charge is 0.462 e. The molecule has 0 aromatic carbocycles. The lowest BCUT2D eigenvalue weighted by molar-refractivity contribution is -0.166. The molecule has 1 atom stereocenters. The van der Waals surface area contributed by atoms with Crippen LogP contribution in [0.4, 0.5) is 0 Å². The second-order valence-corrected chi connectivity index (χ2v) is 17.4. The molecule has 0 aliphatic carbocycles. The van der Waals surface area contributed by atoms with E-state index in [1.54, 1.807) is 6.08 Å². The molecule has 0 heterocycles. The third kappa shape index (κ3) is 49.6. The van der Waals surface area contributed by atoms with Gasteiger partial charge in [-0.05, 0) is 77.0 Å². The first-order valence-electron chi connectivity index (χ1n) is 26.6. The Morgan fingerprint density at radius 1 is 0.344 bits per heavy atom. The zero-order valence-electron chi connectivity index (χ0n) is 41.8. The van der Waals surface area contributed by atoms with Gasteiger partial charge in [0.15, 0.2) is 6.10 Å². The number of unbranched alkanes of at least 4 members (excludes halogenated alkanes) is 23. The van der Waals surface area contributed by atoms with Crippen LogP contribution in [0.25, 0.3) is 0 Å². The van der Waals surface area contributed by atoms with Crippen LogP contribution < -0.4 is 0 Å². The molecule has 366 valence electrons. The second-order valence-electron chi connectivity index (χ2n) is 17.4. The van der Waals surface area contributed by atoms with Gasteiger partial charge in [0.05, 0.1) is 6.42 Å². The van der Waals surface area contributed by atoms with E-state index < -0.39 is 12.1 Å². The first kappa shape index (κ1) is 60.6. The maximum Gasteiger partial charge on any atom is 0.310 e. The molecule has 0 bridgehead atoms. The van der Waals surface area contributed by atoms with Crippen LogP contribution in [-0.4, -0.2) is 37.2 Å². The number of ether oxygens (including phenoxy) is 3. The van der Waals surface area contributed by atoms with Gasteiger partial charge in [-0.1, -0.05) is 234 Å². The van der Waals surface area contributed by atoms with Gasteiger partial charge >= 0.3 is 17.9 Å². The van der Waals surface area contributed by atoms with Gasteiger partial charge in [0.2, 0.25) is 0 Å². The molecule has 0 N–H and O–H groups in total. The Hall–Kier alpha value is -3.41. The molecule has 0 aliphatic rings. The number of esters is 3. The number of allylic oxidation sites excluding steroid dienone is 13. The predicted molar refractivity (Wildman–Crippen MR) is 274 cm³/mol. The van der Waals surface area contributed by atoms with Crippen molar-refractivity contribution in [3.63, 3.8) is 0 Å². The lowest BCUT2D eigenvalue weighted by atomic mass is 10.0. The van der Waals surface area contributed by atoms with Gasteiger partial charge in [0, 0.05) is 12.8 Å². The summed E-state index contributed by atoms with van der Waals surface area (Å²) in [6.45, 7) is 6.42. The molecule has 0 aromatic heterocycles. The van der Waals surface area contributed by atoms with E-state index in [0.717, 1.165) is 83.5 Å². The quantitative estimate of drug-likeness (QED) is 0.0262. The lowest BCUT2D eigenvalue weighted by Gasteiger charge is -2.18. The third-order valence-electron chi connectivity index (χ3n) is 11.2. The molecule has 0 fully saturated rings. The standard InChI is InChI=1S/C58H98O6/c1-4-7-10-13-16-19-22-25-27-28-29-31-33-36-39-42-45-48-51-57(60)63-54-55(53-62-56(59)50-47-44-41-38-35-32-24-21-18-15-12-9-6-3)64-58(61)52-49-46-43-40-37-34-30-26-23-20-17-14-11-8-5-2/h8,11,17,19-20,22,26-28,30,37,40,46,49,55H,4-7,9-10,12-16,18,21,23-25,29,31-36,38-39,41-45,47-48,50-54H2,1-3H3/b11-8-,20-17-,22-19-,28-27-,30-26-,40-37-,49-46-. The lowest BCUT2D eigenvalue weighted by Crippen LogP contribution is -2.30. The molecule has 0 saturated heterocycles. The van der Waals surface area contributed by atoms with Gasteiger partial charge < -0.3 is 14.2 Å². The fourth-order valence-corrected chi connectivity index (χ4v) is 7.19. The summed E-state index contributed by atoms with van der Waals surface area (Å²) in [7, 11) is 0. The van der Waals surface area contributed by atoms with Crippen LogP contribution in [0, 0.1) is 0 Å². The minimum atomic E-state index is -0.832. The smallest absolute Gasteiger partial charge is 0.310 e. The Bertz CT molecular complexity index is 1250. The average molecular weight is 891 g/mol. The maximum absolute atomic E-state index is 12.7. The highest BCUT2D eigenvalue weighted by Gasteiger charge is 2.19. The number of rotatable bonds is 47. The molecule has 1 unspecified atom stereocenters. The highest BCUT2D eigenvalue weighted by atomic mass is 16.6. The zero-order valence-corrected chi connectivity index (χ0v) is 41.8. The van der Waals surface area contributed by atoms with Crippen molar-refractivity contribution >= 4 is 17.9 Å². The molecule has 6 nitrogen and oxygen atoms in total. The summed E-state index contributed by atoms with van der Waals surface area (Å²) >= 11 is 0. The van der Waals surface area contributed by atoms with Gasteiger partial charge in [0.1, 0.15) is 13.2 Å². The topological polar surface area (TPSA) is 78.9 Å². The molecule has 0 aliphatic heterocycles. The molecule has 64 heavy (non-hydrogen) atoms. The van der Waals surface area contributed by atoms with Crippen molar-refractivity contribution in [2.24, 2.45) is 0 Å². The van der Waals surface area contributed by atoms with E-state index >= 15 is 0 Å². The van der Waals surface area contributed by atoms with Crippen molar-refractivity contribution in [3.8, 4) is 0 Å². The van der Waals surface area contributed by atoms with Crippen LogP contribution in [-0.2, 0) is 28.6 Å². The minimum absolute atomic E-state index is 0.0957. The number of hydrogen-bond donors (Lipinski definition) is 0. The van der Waals surface area contributed by atoms with Crippen molar-refractivity contribution in [2.75, 3.05) is 13.2 Å². The number of hydrogen-bond acceptors (Lipinski definition) is 6. The Morgan fingerprint density at radius 3 is 1.05 bits per heavy atom. The van der Waals surface area contributed by atoms with Gasteiger partial charge in [0.25, 0.3) is 0 Å². The normalized spacial score (nSPS) is 12.7. The molecule has 0 saturated carbocycles. The van der Waals surface area contributed by atoms with E-state index in [0.29, 0.717) is 12.8 Å². The van der Waals surface area contributed by atoms with E-state index in [1.807, 2.05) is 6.08 Å². The second kappa shape index (κ2) is 52.2. The van der Waals surface area contributed by atoms with Crippen molar-refractivity contribution in [2.45, 2.75) is 252 Å². The predicted octanol–water partition coefficient (Wildman–Crippen LogP) is 17.6. The van der Waals surface area contributed by atoms with Crippen LogP contribution in [0.15, 0.2) is 85.1 Å². The Labute approximate surface area is 395 Å². The van der Waals surface area contributed by atoms with Gasteiger partial charge in [-0.3, -0.25) is 14.4 Å². The van der Waals surface area contributed by atoms with E-state index in [-0.39, 0.29) is 31.6 Å². The minimum Gasteiger partial charge on any atom is -0.462 e. The molecular formula is C58H98O6. The summed E-state index contributed by atoms with van der Waals surface area (Å²) in [4.78, 5) is 37.9. The Kier molecular flexibility index (Phi) is 49.4. The summed E-state index contributed by atoms with van der Waals surface area (Å²) in [5.74, 6) is -1.05. The molecule has 0 aromatic rings. The third-order valence-corrected chi connectivity index (χ3v) is 11.2. The van der Waals surface area contributed by atoms with Gasteiger partial charge in [-0.15, -0.1) is 0 Å². The van der Waals surface area contributed by atoms with E-state index in [9.17, 15) is 14.4 Å². The average Bonchev–Trinajstić information content (AvgIpc) is 3.29. The molecule has 0 radical (unpaired) electrons. The molecule has 0 rings (SSSR count). The van der Waals surface area contributed by atoms with E-state index in [2.05, 4.69) is 93.7 Å². The van der Waals surface area contributed by atoms with E-state index in [4.69, 9.17) is 14.2 Å². The molecule has 6 heteroatoms. The van der Waals surface area contributed by atoms with Crippen LogP contribution >= 0.6 is 0 Å². The van der Waals surface area contributed by atoms with Crippen molar-refractivity contribution in [1.29, 1.82) is 0 Å². The zero-order chi connectivity index (χ0) is 46.5. The van der Waals surface area contributed by atoms with Gasteiger partial charge in [-0.2, -0.15) is 0 Å². The fourth-order valence-electron chi connectivity index (χ4n) is 7.19. The highest BCUT2D eigenvalue weighted by molar-refractivity contribution is 5.72. The van der Waals surface area contributed by atoms with Crippen LogP contribution in [0.3, 0.4) is 0 Å². The first-order chi connectivity index (χ1) is 31.5. The number of carbonyl (C=O) groups excluding carboxylic acids is 3.